The maximum Gasteiger partial charge on any atom is 0.305 e. The molecular weight excluding hydrogens is 351 g/mol. The van der Waals surface area contributed by atoms with Crippen molar-refractivity contribution in [1.29, 1.82) is 0 Å². The fraction of sp³-hybridized carbons (Fsp3) is 0.231. The van der Waals surface area contributed by atoms with Gasteiger partial charge in [-0.1, -0.05) is 11.8 Å². The molecule has 1 saturated heterocycles. The highest BCUT2D eigenvalue weighted by Crippen LogP contribution is 2.25. The van der Waals surface area contributed by atoms with Gasteiger partial charge in [0.05, 0.1) is 25.3 Å². The van der Waals surface area contributed by atoms with Gasteiger partial charge in [0.15, 0.2) is 22.6 Å². The molecule has 1 atom stereocenters. The van der Waals surface area contributed by atoms with Crippen LogP contribution in [0.3, 0.4) is 0 Å². The molecule has 1 aromatic rings. The Morgan fingerprint density at radius 3 is 2.79 bits per heavy atom. The molecule has 1 aliphatic heterocycles. The Bertz CT molecular complexity index is 754. The maximum atomic E-state index is 13.7. The molecule has 0 saturated carbocycles. The molecule has 1 unspecified atom stereocenters. The van der Waals surface area contributed by atoms with Gasteiger partial charge in [0, 0.05) is 6.07 Å². The van der Waals surface area contributed by atoms with Crippen LogP contribution in [0.4, 0.5) is 13.2 Å². The van der Waals surface area contributed by atoms with Crippen molar-refractivity contribution in [1.82, 2.24) is 5.32 Å². The molecule has 1 fully saturated rings. The number of amidine groups is 1. The Morgan fingerprint density at radius 1 is 1.46 bits per heavy atom. The van der Waals surface area contributed by atoms with Gasteiger partial charge in [0.25, 0.3) is 0 Å². The highest BCUT2D eigenvalue weighted by atomic mass is 32.2. The van der Waals surface area contributed by atoms with Crippen molar-refractivity contribution in [3.8, 4) is 5.75 Å². The standard InChI is InChI=1S/C13H10F3N3O4S/c1-23-7-2-6(14)11(16)10(15)5(7)4-17-19-13-18-12(22)8(24-13)3-9(20)21/h2,4,8H,3H2,1H3,(H,20,21)(H,18,19,22). The Hall–Kier alpha value is -2.56. The zero-order valence-corrected chi connectivity index (χ0v) is 12.9. The Morgan fingerprint density at radius 2 is 2.17 bits per heavy atom. The Balaban J connectivity index is 2.19. The Labute approximate surface area is 137 Å². The predicted octanol–water partition coefficient (Wildman–Crippen LogP) is 1.51. The SMILES string of the molecule is COc1cc(F)c(F)c(F)c1C=NN=C1NC(=O)C(CC(=O)O)S1. The van der Waals surface area contributed by atoms with Gasteiger partial charge >= 0.3 is 5.97 Å². The molecule has 2 N–H and O–H groups in total. The second-order valence-corrected chi connectivity index (χ2v) is 5.64. The van der Waals surface area contributed by atoms with Crippen LogP contribution in [0.15, 0.2) is 16.3 Å². The molecule has 128 valence electrons. The molecule has 1 amide bonds. The van der Waals surface area contributed by atoms with E-state index in [-0.39, 0.29) is 10.9 Å². The van der Waals surface area contributed by atoms with E-state index in [2.05, 4.69) is 15.5 Å². The second-order valence-electron chi connectivity index (χ2n) is 4.45. The molecule has 1 heterocycles. The molecular formula is C13H10F3N3O4S. The van der Waals surface area contributed by atoms with Crippen LogP contribution < -0.4 is 10.1 Å². The predicted molar refractivity (Wildman–Crippen MR) is 79.7 cm³/mol. The van der Waals surface area contributed by atoms with Crippen LogP contribution in [0.1, 0.15) is 12.0 Å². The molecule has 0 radical (unpaired) electrons. The lowest BCUT2D eigenvalue weighted by atomic mass is 10.2. The number of rotatable bonds is 5. The van der Waals surface area contributed by atoms with Crippen molar-refractivity contribution in [2.24, 2.45) is 10.2 Å². The first kappa shape index (κ1) is 17.8. The summed E-state index contributed by atoms with van der Waals surface area (Å²) in [4.78, 5) is 22.1. The van der Waals surface area contributed by atoms with E-state index in [0.717, 1.165) is 25.1 Å². The number of ether oxygens (including phenoxy) is 1. The van der Waals surface area contributed by atoms with Gasteiger partial charge in [-0.25, -0.2) is 13.2 Å². The molecule has 1 aliphatic rings. The number of hydrogen-bond donors (Lipinski definition) is 2. The minimum absolute atomic E-state index is 0.00413. The minimum Gasteiger partial charge on any atom is -0.496 e. The maximum absolute atomic E-state index is 13.7. The van der Waals surface area contributed by atoms with Gasteiger partial charge in [-0.3, -0.25) is 9.59 Å². The molecule has 2 rings (SSSR count). The first-order valence-corrected chi connectivity index (χ1v) is 7.23. The number of aliphatic carboxylic acids is 1. The third-order valence-corrected chi connectivity index (χ3v) is 3.93. The summed E-state index contributed by atoms with van der Waals surface area (Å²) in [7, 11) is 1.14. The smallest absolute Gasteiger partial charge is 0.305 e. The van der Waals surface area contributed by atoms with Gasteiger partial charge in [-0.15, -0.1) is 5.10 Å². The van der Waals surface area contributed by atoms with Crippen molar-refractivity contribution < 1.29 is 32.6 Å². The number of thioether (sulfide) groups is 1. The van der Waals surface area contributed by atoms with Crippen molar-refractivity contribution in [2.75, 3.05) is 7.11 Å². The van der Waals surface area contributed by atoms with E-state index in [9.17, 15) is 22.8 Å². The van der Waals surface area contributed by atoms with Crippen molar-refractivity contribution >= 4 is 35.0 Å². The molecule has 0 bridgehead atoms. The van der Waals surface area contributed by atoms with E-state index in [1.807, 2.05) is 0 Å². The fourth-order valence-electron chi connectivity index (χ4n) is 1.76. The van der Waals surface area contributed by atoms with Gasteiger partial charge in [0.2, 0.25) is 5.91 Å². The molecule has 0 spiro atoms. The van der Waals surface area contributed by atoms with Crippen LogP contribution in [0.2, 0.25) is 0 Å². The summed E-state index contributed by atoms with van der Waals surface area (Å²) in [6.07, 6.45) is 0.395. The molecule has 0 aliphatic carbocycles. The number of carboxylic acids is 1. The van der Waals surface area contributed by atoms with Crippen LogP contribution >= 0.6 is 11.8 Å². The van der Waals surface area contributed by atoms with E-state index in [1.54, 1.807) is 0 Å². The Kier molecular flexibility index (Phi) is 5.44. The largest absolute Gasteiger partial charge is 0.496 e. The number of amides is 1. The van der Waals surface area contributed by atoms with Crippen LogP contribution in [0.25, 0.3) is 0 Å². The molecule has 0 aromatic heterocycles. The number of halogens is 3. The first-order valence-electron chi connectivity index (χ1n) is 6.35. The van der Waals surface area contributed by atoms with Gasteiger partial charge in [-0.2, -0.15) is 5.10 Å². The normalized spacial score (nSPS) is 19.1. The summed E-state index contributed by atoms with van der Waals surface area (Å²) in [6.45, 7) is 0. The lowest BCUT2D eigenvalue weighted by molar-refractivity contribution is -0.138. The molecule has 24 heavy (non-hydrogen) atoms. The topological polar surface area (TPSA) is 100 Å². The summed E-state index contributed by atoms with van der Waals surface area (Å²) in [5, 5.41) is 17.2. The molecule has 7 nitrogen and oxygen atoms in total. The highest BCUT2D eigenvalue weighted by molar-refractivity contribution is 8.15. The van der Waals surface area contributed by atoms with Crippen molar-refractivity contribution in [3.05, 3.63) is 29.1 Å². The van der Waals surface area contributed by atoms with Crippen molar-refractivity contribution in [3.63, 3.8) is 0 Å². The van der Waals surface area contributed by atoms with Gasteiger partial charge < -0.3 is 15.2 Å². The number of carboxylic acid groups (broad SMARTS) is 1. The molecule has 1 aromatic carbocycles. The monoisotopic (exact) mass is 361 g/mol. The van der Waals surface area contributed by atoms with Crippen LogP contribution in [-0.2, 0) is 9.59 Å². The number of nitrogens with zero attached hydrogens (tertiary/aromatic N) is 2. The van der Waals surface area contributed by atoms with E-state index >= 15 is 0 Å². The van der Waals surface area contributed by atoms with Gasteiger partial charge in [0.1, 0.15) is 11.0 Å². The number of methoxy groups -OCH3 is 1. The van der Waals surface area contributed by atoms with Crippen LogP contribution in [0, 0.1) is 17.5 Å². The number of nitrogens with one attached hydrogen (secondary N) is 1. The summed E-state index contributed by atoms with van der Waals surface area (Å²) in [5.74, 6) is -6.59. The van der Waals surface area contributed by atoms with Crippen LogP contribution in [0.5, 0.6) is 5.75 Å². The summed E-state index contributed by atoms with van der Waals surface area (Å²) in [6, 6.07) is 0.655. The van der Waals surface area contributed by atoms with E-state index < -0.39 is 46.6 Å². The van der Waals surface area contributed by atoms with Crippen molar-refractivity contribution in [2.45, 2.75) is 11.7 Å². The van der Waals surface area contributed by atoms with E-state index in [0.29, 0.717) is 6.07 Å². The minimum atomic E-state index is -1.69. The third-order valence-electron chi connectivity index (χ3n) is 2.85. The average molecular weight is 361 g/mol. The molecule has 11 heteroatoms. The number of hydrogen-bond acceptors (Lipinski definition) is 6. The lowest BCUT2D eigenvalue weighted by Crippen LogP contribution is -2.26. The van der Waals surface area contributed by atoms with E-state index in [4.69, 9.17) is 9.84 Å². The zero-order chi connectivity index (χ0) is 17.9. The number of benzene rings is 1. The third kappa shape index (κ3) is 3.85. The summed E-state index contributed by atoms with van der Waals surface area (Å²) in [5.41, 5.74) is -0.461. The lowest BCUT2D eigenvalue weighted by Gasteiger charge is -2.06. The average Bonchev–Trinajstić information content (AvgIpc) is 2.86. The number of carbonyl (C=O) groups excluding carboxylic acids is 1. The zero-order valence-electron chi connectivity index (χ0n) is 12.0. The number of carbonyl (C=O) groups is 2. The van der Waals surface area contributed by atoms with Gasteiger partial charge in [-0.05, 0) is 0 Å². The van der Waals surface area contributed by atoms with E-state index in [1.165, 1.54) is 0 Å². The van der Waals surface area contributed by atoms with Crippen LogP contribution in [-0.4, -0.2) is 40.7 Å². The second kappa shape index (κ2) is 7.34. The summed E-state index contributed by atoms with van der Waals surface area (Å²) >= 11 is 0.838. The quantitative estimate of drug-likeness (QED) is 0.470. The highest BCUT2D eigenvalue weighted by Gasteiger charge is 2.32. The fourth-order valence-corrected chi connectivity index (χ4v) is 2.68. The summed E-state index contributed by atoms with van der Waals surface area (Å²) < 4.78 is 44.8. The first-order chi connectivity index (χ1) is 11.3.